The minimum Gasteiger partial charge on any atom is -0.493 e. The van der Waals surface area contributed by atoms with Gasteiger partial charge >= 0.3 is 0 Å². The van der Waals surface area contributed by atoms with Gasteiger partial charge in [0.15, 0.2) is 0 Å². The van der Waals surface area contributed by atoms with Crippen LogP contribution in [0, 0.1) is 0 Å². The molecule has 0 radical (unpaired) electrons. The van der Waals surface area contributed by atoms with Gasteiger partial charge in [0.05, 0.1) is 12.6 Å². The van der Waals surface area contributed by atoms with Crippen molar-refractivity contribution < 1.29 is 9.53 Å². The number of benzene rings is 1. The lowest BCUT2D eigenvalue weighted by Gasteiger charge is -2.26. The van der Waals surface area contributed by atoms with E-state index in [4.69, 9.17) is 4.74 Å². The van der Waals surface area contributed by atoms with E-state index in [0.717, 1.165) is 23.3 Å². The summed E-state index contributed by atoms with van der Waals surface area (Å²) in [5.41, 5.74) is 2.15. The van der Waals surface area contributed by atoms with Crippen molar-refractivity contribution in [3.05, 3.63) is 59.9 Å². The predicted molar refractivity (Wildman–Crippen MR) is 84.7 cm³/mol. The molecule has 22 heavy (non-hydrogen) atoms. The fourth-order valence-electron chi connectivity index (χ4n) is 2.87. The summed E-state index contributed by atoms with van der Waals surface area (Å²) >= 11 is 0. The molecule has 1 aromatic carbocycles. The number of fused-ring (bicyclic) bond motifs is 1. The number of pyridine rings is 1. The molecular weight excluding hydrogens is 276 g/mol. The summed E-state index contributed by atoms with van der Waals surface area (Å²) in [6.45, 7) is 2.65. The minimum absolute atomic E-state index is 0.0312. The van der Waals surface area contributed by atoms with E-state index >= 15 is 0 Å². The highest BCUT2D eigenvalue weighted by Crippen LogP contribution is 2.35. The molecule has 0 unspecified atom stereocenters. The van der Waals surface area contributed by atoms with Crippen molar-refractivity contribution in [1.82, 2.24) is 10.3 Å². The van der Waals surface area contributed by atoms with E-state index in [0.29, 0.717) is 13.0 Å². The van der Waals surface area contributed by atoms with Crippen LogP contribution in [0.2, 0.25) is 0 Å². The van der Waals surface area contributed by atoms with Gasteiger partial charge in [0.2, 0.25) is 5.91 Å². The van der Waals surface area contributed by atoms with Gasteiger partial charge in [-0.2, -0.15) is 0 Å². The first-order chi connectivity index (χ1) is 10.7. The van der Waals surface area contributed by atoms with Gasteiger partial charge < -0.3 is 10.1 Å². The Morgan fingerprint density at radius 3 is 3.05 bits per heavy atom. The second-order valence-corrected chi connectivity index (χ2v) is 5.65. The summed E-state index contributed by atoms with van der Waals surface area (Å²) in [6.07, 6.45) is 4.89. The van der Waals surface area contributed by atoms with Crippen LogP contribution in [-0.4, -0.2) is 17.5 Å². The van der Waals surface area contributed by atoms with Gasteiger partial charge in [0.1, 0.15) is 5.75 Å². The number of nitrogens with zero attached hydrogens (tertiary/aromatic N) is 1. The van der Waals surface area contributed by atoms with E-state index in [1.54, 1.807) is 12.4 Å². The fourth-order valence-corrected chi connectivity index (χ4v) is 2.87. The molecule has 1 N–H and O–H groups in total. The molecule has 0 bridgehead atoms. The fraction of sp³-hybridized carbons (Fsp3) is 0.333. The topological polar surface area (TPSA) is 51.2 Å². The number of nitrogens with one attached hydrogen (secondary N) is 1. The number of ether oxygens (including phenoxy) is 1. The molecule has 0 saturated carbocycles. The number of hydrogen-bond donors (Lipinski definition) is 1. The largest absolute Gasteiger partial charge is 0.493 e. The Labute approximate surface area is 130 Å². The lowest BCUT2D eigenvalue weighted by atomic mass is 9.90. The Morgan fingerprint density at radius 1 is 1.36 bits per heavy atom. The Hall–Kier alpha value is -2.36. The van der Waals surface area contributed by atoms with Gasteiger partial charge in [-0.05, 0) is 42.5 Å². The third-order valence-corrected chi connectivity index (χ3v) is 4.08. The van der Waals surface area contributed by atoms with E-state index in [2.05, 4.69) is 16.4 Å². The van der Waals surface area contributed by atoms with Crippen LogP contribution in [-0.2, 0) is 4.79 Å². The lowest BCUT2D eigenvalue weighted by Crippen LogP contribution is -2.29. The average Bonchev–Trinajstić information content (AvgIpc) is 2.56. The highest BCUT2D eigenvalue weighted by atomic mass is 16.5. The first-order valence-electron chi connectivity index (χ1n) is 7.65. The third-order valence-electron chi connectivity index (χ3n) is 4.08. The molecule has 1 aliphatic rings. The standard InChI is InChI=1S/C18H20N2O2/c1-13(15-5-4-9-19-12-15)20-18(21)11-14-8-10-22-17-7-3-2-6-16(14)17/h2-7,9,12-14H,8,10-11H2,1H3,(H,20,21)/t13-,14-/m0/s1. The summed E-state index contributed by atoms with van der Waals surface area (Å²) in [5, 5.41) is 3.05. The maximum atomic E-state index is 12.3. The Balaban J connectivity index is 1.63. The molecule has 2 heterocycles. The third kappa shape index (κ3) is 3.27. The minimum atomic E-state index is -0.0312. The van der Waals surface area contributed by atoms with Crippen LogP contribution in [0.4, 0.5) is 0 Å². The van der Waals surface area contributed by atoms with Gasteiger partial charge in [-0.25, -0.2) is 0 Å². The number of amides is 1. The molecule has 0 fully saturated rings. The maximum Gasteiger partial charge on any atom is 0.221 e. The summed E-state index contributed by atoms with van der Waals surface area (Å²) in [4.78, 5) is 16.4. The van der Waals surface area contributed by atoms with Gasteiger partial charge in [0.25, 0.3) is 0 Å². The van der Waals surface area contributed by atoms with Gasteiger partial charge in [0, 0.05) is 18.8 Å². The predicted octanol–water partition coefficient (Wildman–Crippen LogP) is 3.22. The van der Waals surface area contributed by atoms with E-state index < -0.39 is 0 Å². The molecule has 2 aromatic rings. The Morgan fingerprint density at radius 2 is 2.23 bits per heavy atom. The summed E-state index contributed by atoms with van der Waals surface area (Å²) in [5.74, 6) is 1.20. The molecule has 1 amide bonds. The van der Waals surface area contributed by atoms with Crippen molar-refractivity contribution in [2.75, 3.05) is 6.61 Å². The lowest BCUT2D eigenvalue weighted by molar-refractivity contribution is -0.122. The maximum absolute atomic E-state index is 12.3. The zero-order valence-corrected chi connectivity index (χ0v) is 12.7. The molecule has 3 rings (SSSR count). The van der Waals surface area contributed by atoms with Crippen molar-refractivity contribution in [2.24, 2.45) is 0 Å². The monoisotopic (exact) mass is 296 g/mol. The van der Waals surface area contributed by atoms with Crippen LogP contribution in [0.5, 0.6) is 5.75 Å². The van der Waals surface area contributed by atoms with Crippen LogP contribution in [0.15, 0.2) is 48.8 Å². The molecule has 0 saturated heterocycles. The summed E-state index contributed by atoms with van der Waals surface area (Å²) in [6, 6.07) is 11.8. The van der Waals surface area contributed by atoms with E-state index in [-0.39, 0.29) is 17.9 Å². The van der Waals surface area contributed by atoms with Gasteiger partial charge in [-0.15, -0.1) is 0 Å². The van der Waals surface area contributed by atoms with Crippen LogP contribution in [0.25, 0.3) is 0 Å². The molecule has 1 aromatic heterocycles. The average molecular weight is 296 g/mol. The van der Waals surface area contributed by atoms with E-state index in [1.165, 1.54) is 0 Å². The smallest absolute Gasteiger partial charge is 0.221 e. The van der Waals surface area contributed by atoms with Crippen LogP contribution >= 0.6 is 0 Å². The molecule has 0 aliphatic carbocycles. The summed E-state index contributed by atoms with van der Waals surface area (Å²) < 4.78 is 5.65. The van der Waals surface area contributed by atoms with Gasteiger partial charge in [-0.1, -0.05) is 24.3 Å². The first-order valence-corrected chi connectivity index (χ1v) is 7.65. The van der Waals surface area contributed by atoms with Crippen molar-refractivity contribution in [3.63, 3.8) is 0 Å². The number of carbonyl (C=O) groups excluding carboxylic acids is 1. The van der Waals surface area contributed by atoms with E-state index in [1.807, 2.05) is 37.3 Å². The van der Waals surface area contributed by atoms with Crippen LogP contribution in [0.3, 0.4) is 0 Å². The SMILES string of the molecule is C[C@H](NC(=O)C[C@@H]1CCOc2ccccc21)c1cccnc1. The number of rotatable bonds is 4. The van der Waals surface area contributed by atoms with E-state index in [9.17, 15) is 4.79 Å². The zero-order valence-electron chi connectivity index (χ0n) is 12.7. The number of aromatic nitrogens is 1. The molecule has 4 heteroatoms. The molecular formula is C18H20N2O2. The highest BCUT2D eigenvalue weighted by molar-refractivity contribution is 5.77. The van der Waals surface area contributed by atoms with Crippen molar-refractivity contribution >= 4 is 5.91 Å². The zero-order chi connectivity index (χ0) is 15.4. The quantitative estimate of drug-likeness (QED) is 0.942. The Kier molecular flexibility index (Phi) is 4.37. The molecule has 0 spiro atoms. The molecule has 114 valence electrons. The second kappa shape index (κ2) is 6.60. The first kappa shape index (κ1) is 14.6. The normalized spacial score (nSPS) is 18.0. The van der Waals surface area contributed by atoms with Gasteiger partial charge in [-0.3, -0.25) is 9.78 Å². The molecule has 4 nitrogen and oxygen atoms in total. The summed E-state index contributed by atoms with van der Waals surface area (Å²) in [7, 11) is 0. The number of para-hydroxylation sites is 1. The second-order valence-electron chi connectivity index (χ2n) is 5.65. The Bertz CT molecular complexity index is 643. The van der Waals surface area contributed by atoms with Crippen LogP contribution < -0.4 is 10.1 Å². The van der Waals surface area contributed by atoms with Crippen LogP contribution in [0.1, 0.15) is 42.9 Å². The van der Waals surface area contributed by atoms with Crippen molar-refractivity contribution in [3.8, 4) is 5.75 Å². The highest BCUT2D eigenvalue weighted by Gasteiger charge is 2.24. The number of hydrogen-bond acceptors (Lipinski definition) is 3. The molecule has 2 atom stereocenters. The number of carbonyl (C=O) groups is 1. The van der Waals surface area contributed by atoms with Crippen molar-refractivity contribution in [2.45, 2.75) is 31.7 Å². The molecule has 1 aliphatic heterocycles. The van der Waals surface area contributed by atoms with Crippen molar-refractivity contribution in [1.29, 1.82) is 0 Å².